The highest BCUT2D eigenvalue weighted by Gasteiger charge is 2.40. The van der Waals surface area contributed by atoms with Crippen LogP contribution in [0.15, 0.2) is 24.5 Å². The van der Waals surface area contributed by atoms with Gasteiger partial charge in [0.2, 0.25) is 0 Å². The molecule has 1 atom stereocenters. The van der Waals surface area contributed by atoms with E-state index in [0.717, 1.165) is 0 Å². The lowest BCUT2D eigenvalue weighted by molar-refractivity contribution is -0.0237. The van der Waals surface area contributed by atoms with Crippen molar-refractivity contribution in [1.82, 2.24) is 4.98 Å². The molecule has 1 heterocycles. The Morgan fingerprint density at radius 3 is 1.94 bits per heavy atom. The first kappa shape index (κ1) is 13.4. The van der Waals surface area contributed by atoms with Crippen molar-refractivity contribution < 1.29 is 4.43 Å². The van der Waals surface area contributed by atoms with Crippen molar-refractivity contribution in [3.05, 3.63) is 30.1 Å². The molecule has 0 radical (unpaired) electrons. The SMILES string of the molecule is C[SiH](C)OC(C)(c1ccncc1)C(C)(C)C. The number of rotatable bonds is 3. The zero-order valence-corrected chi connectivity index (χ0v) is 12.4. The molecular formula is C13H23NOSi. The Morgan fingerprint density at radius 1 is 1.06 bits per heavy atom. The summed E-state index contributed by atoms with van der Waals surface area (Å²) in [7, 11) is -1.09. The second-order valence-electron chi connectivity index (χ2n) is 5.69. The van der Waals surface area contributed by atoms with Crippen LogP contribution in [0.2, 0.25) is 13.1 Å². The summed E-state index contributed by atoms with van der Waals surface area (Å²) in [5.74, 6) is 0. The Labute approximate surface area is 101 Å². The lowest BCUT2D eigenvalue weighted by atomic mass is 9.74. The molecule has 16 heavy (non-hydrogen) atoms. The zero-order chi connectivity index (χ0) is 12.4. The average molecular weight is 237 g/mol. The summed E-state index contributed by atoms with van der Waals surface area (Å²) in [4.78, 5) is 4.08. The predicted molar refractivity (Wildman–Crippen MR) is 71.0 cm³/mol. The molecule has 90 valence electrons. The molecule has 0 aliphatic carbocycles. The van der Waals surface area contributed by atoms with Crippen molar-refractivity contribution in [2.24, 2.45) is 5.41 Å². The van der Waals surface area contributed by atoms with Gasteiger partial charge < -0.3 is 4.43 Å². The number of hydrogen-bond donors (Lipinski definition) is 0. The summed E-state index contributed by atoms with van der Waals surface area (Å²) < 4.78 is 6.30. The maximum absolute atomic E-state index is 6.30. The molecule has 1 aromatic rings. The second-order valence-corrected chi connectivity index (χ2v) is 8.02. The highest BCUT2D eigenvalue weighted by Crippen LogP contribution is 2.42. The largest absolute Gasteiger partial charge is 0.411 e. The van der Waals surface area contributed by atoms with Crippen LogP contribution in [0.3, 0.4) is 0 Å². The number of nitrogens with zero attached hydrogens (tertiary/aromatic N) is 1. The Kier molecular flexibility index (Phi) is 3.91. The third kappa shape index (κ3) is 2.71. The fraction of sp³-hybridized carbons (Fsp3) is 0.615. The highest BCUT2D eigenvalue weighted by atomic mass is 28.3. The van der Waals surface area contributed by atoms with Crippen molar-refractivity contribution in [1.29, 1.82) is 0 Å². The van der Waals surface area contributed by atoms with Crippen LogP contribution in [-0.4, -0.2) is 14.0 Å². The van der Waals surface area contributed by atoms with Gasteiger partial charge in [-0.3, -0.25) is 4.98 Å². The molecule has 2 nitrogen and oxygen atoms in total. The van der Waals surface area contributed by atoms with E-state index < -0.39 is 9.04 Å². The number of pyridine rings is 1. The maximum atomic E-state index is 6.30. The molecule has 0 bridgehead atoms. The molecule has 0 spiro atoms. The van der Waals surface area contributed by atoms with E-state index in [2.05, 4.69) is 57.9 Å². The van der Waals surface area contributed by atoms with E-state index in [-0.39, 0.29) is 11.0 Å². The summed E-state index contributed by atoms with van der Waals surface area (Å²) >= 11 is 0. The van der Waals surface area contributed by atoms with E-state index >= 15 is 0 Å². The standard InChI is InChI=1S/C13H23NOSi/c1-12(2,3)13(4,15-16(5)6)11-7-9-14-10-8-11/h7-10,16H,1-6H3. The first-order chi connectivity index (χ1) is 7.27. The number of hydrogen-bond acceptors (Lipinski definition) is 2. The average Bonchev–Trinajstić information content (AvgIpc) is 2.16. The Bertz CT molecular complexity index is 332. The van der Waals surface area contributed by atoms with Gasteiger partial charge >= 0.3 is 0 Å². The molecule has 0 amide bonds. The van der Waals surface area contributed by atoms with Crippen LogP contribution in [0.1, 0.15) is 33.3 Å². The summed E-state index contributed by atoms with van der Waals surface area (Å²) in [5.41, 5.74) is 1.07. The van der Waals surface area contributed by atoms with Crippen LogP contribution in [0.5, 0.6) is 0 Å². The topological polar surface area (TPSA) is 22.1 Å². The van der Waals surface area contributed by atoms with Gasteiger partial charge in [-0.2, -0.15) is 0 Å². The van der Waals surface area contributed by atoms with Gasteiger partial charge in [0, 0.05) is 12.4 Å². The fourth-order valence-electron chi connectivity index (χ4n) is 1.82. The first-order valence-corrected chi connectivity index (χ1v) is 8.64. The van der Waals surface area contributed by atoms with Crippen LogP contribution in [0.4, 0.5) is 0 Å². The third-order valence-electron chi connectivity index (χ3n) is 3.13. The van der Waals surface area contributed by atoms with Crippen LogP contribution in [0.25, 0.3) is 0 Å². The minimum absolute atomic E-state index is 0.0750. The Balaban J connectivity index is 3.16. The first-order valence-electron chi connectivity index (χ1n) is 5.85. The molecular weight excluding hydrogens is 214 g/mol. The fourth-order valence-corrected chi connectivity index (χ4v) is 3.25. The van der Waals surface area contributed by atoms with Crippen LogP contribution in [0, 0.1) is 5.41 Å². The molecule has 0 fully saturated rings. The highest BCUT2D eigenvalue weighted by molar-refractivity contribution is 6.48. The third-order valence-corrected chi connectivity index (χ3v) is 4.08. The Hall–Kier alpha value is -0.673. The molecule has 1 rings (SSSR count). The van der Waals surface area contributed by atoms with Gasteiger partial charge in [0.25, 0.3) is 0 Å². The summed E-state index contributed by atoms with van der Waals surface area (Å²) in [5, 5.41) is 0. The normalized spacial score (nSPS) is 16.2. The van der Waals surface area contributed by atoms with Crippen molar-refractivity contribution in [3.63, 3.8) is 0 Å². The molecule has 0 saturated carbocycles. The van der Waals surface area contributed by atoms with E-state index in [9.17, 15) is 0 Å². The predicted octanol–water partition coefficient (Wildman–Crippen LogP) is 3.34. The zero-order valence-electron chi connectivity index (χ0n) is 11.2. The van der Waals surface area contributed by atoms with Gasteiger partial charge in [-0.1, -0.05) is 20.8 Å². The van der Waals surface area contributed by atoms with Gasteiger partial charge in [0.05, 0.1) is 5.60 Å². The van der Waals surface area contributed by atoms with Gasteiger partial charge in [0.1, 0.15) is 0 Å². The molecule has 1 aromatic heterocycles. The monoisotopic (exact) mass is 237 g/mol. The molecule has 0 N–H and O–H groups in total. The Morgan fingerprint density at radius 2 is 1.56 bits per heavy atom. The molecule has 0 aromatic carbocycles. The van der Waals surface area contributed by atoms with E-state index in [1.165, 1.54) is 5.56 Å². The molecule has 0 saturated heterocycles. The summed E-state index contributed by atoms with van der Waals surface area (Å²) in [6, 6.07) is 4.12. The maximum Gasteiger partial charge on any atom is 0.172 e. The van der Waals surface area contributed by atoms with E-state index in [0.29, 0.717) is 0 Å². The van der Waals surface area contributed by atoms with Crippen molar-refractivity contribution in [3.8, 4) is 0 Å². The smallest absolute Gasteiger partial charge is 0.172 e. The van der Waals surface area contributed by atoms with Crippen LogP contribution < -0.4 is 0 Å². The second kappa shape index (κ2) is 4.68. The van der Waals surface area contributed by atoms with Crippen LogP contribution >= 0.6 is 0 Å². The summed E-state index contributed by atoms with van der Waals surface area (Å²) in [6.07, 6.45) is 3.68. The lowest BCUT2D eigenvalue weighted by Crippen LogP contribution is -2.42. The van der Waals surface area contributed by atoms with E-state index in [4.69, 9.17) is 4.43 Å². The van der Waals surface area contributed by atoms with Gasteiger partial charge in [-0.15, -0.1) is 0 Å². The van der Waals surface area contributed by atoms with E-state index in [1.807, 2.05) is 12.4 Å². The minimum Gasteiger partial charge on any atom is -0.411 e. The molecule has 3 heteroatoms. The van der Waals surface area contributed by atoms with Crippen molar-refractivity contribution in [2.75, 3.05) is 0 Å². The quantitative estimate of drug-likeness (QED) is 0.752. The van der Waals surface area contributed by atoms with Gasteiger partial charge in [0.15, 0.2) is 9.04 Å². The lowest BCUT2D eigenvalue weighted by Gasteiger charge is -2.44. The van der Waals surface area contributed by atoms with Gasteiger partial charge in [-0.25, -0.2) is 0 Å². The van der Waals surface area contributed by atoms with Crippen LogP contribution in [-0.2, 0) is 10.0 Å². The van der Waals surface area contributed by atoms with Crippen molar-refractivity contribution in [2.45, 2.75) is 46.4 Å². The van der Waals surface area contributed by atoms with Gasteiger partial charge in [-0.05, 0) is 43.1 Å². The summed E-state index contributed by atoms with van der Waals surface area (Å²) in [6.45, 7) is 13.3. The van der Waals surface area contributed by atoms with E-state index in [1.54, 1.807) is 0 Å². The van der Waals surface area contributed by atoms with Crippen molar-refractivity contribution >= 4 is 9.04 Å². The number of aromatic nitrogens is 1. The molecule has 1 unspecified atom stereocenters. The minimum atomic E-state index is -1.09. The molecule has 0 aliphatic rings. The molecule has 0 aliphatic heterocycles.